The molecule has 1 unspecified atom stereocenters. The summed E-state index contributed by atoms with van der Waals surface area (Å²) in [6.45, 7) is 2.09. The lowest BCUT2D eigenvalue weighted by Crippen LogP contribution is -2.19. The van der Waals surface area contributed by atoms with Crippen LogP contribution < -0.4 is 5.73 Å². The van der Waals surface area contributed by atoms with E-state index >= 15 is 0 Å². The standard InChI is InChI=1S/C12H18BrN5/c1-4-9-11(13)10(18(3)16-9)7-8(14)12-15-5-6-17(12)2/h5-6,8H,4,7,14H2,1-3H3. The molecule has 0 radical (unpaired) electrons. The van der Waals surface area contributed by atoms with Crippen molar-refractivity contribution < 1.29 is 0 Å². The van der Waals surface area contributed by atoms with Gasteiger partial charge in [0.1, 0.15) is 5.82 Å². The largest absolute Gasteiger partial charge is 0.337 e. The maximum Gasteiger partial charge on any atom is 0.125 e. The van der Waals surface area contributed by atoms with Gasteiger partial charge in [-0.1, -0.05) is 6.92 Å². The molecule has 2 rings (SSSR count). The molecule has 0 bridgehead atoms. The van der Waals surface area contributed by atoms with Crippen LogP contribution in [-0.2, 0) is 26.9 Å². The molecule has 2 aromatic heterocycles. The van der Waals surface area contributed by atoms with Crippen LogP contribution in [0.5, 0.6) is 0 Å². The predicted octanol–water partition coefficient (Wildman–Crippen LogP) is 1.72. The molecule has 0 saturated carbocycles. The molecule has 0 aliphatic rings. The Morgan fingerprint density at radius 2 is 2.17 bits per heavy atom. The van der Waals surface area contributed by atoms with Crippen molar-refractivity contribution in [2.45, 2.75) is 25.8 Å². The van der Waals surface area contributed by atoms with E-state index in [4.69, 9.17) is 5.73 Å². The summed E-state index contributed by atoms with van der Waals surface area (Å²) >= 11 is 3.61. The Balaban J connectivity index is 2.24. The minimum Gasteiger partial charge on any atom is -0.337 e. The molecular weight excluding hydrogens is 294 g/mol. The third kappa shape index (κ3) is 2.35. The fraction of sp³-hybridized carbons (Fsp3) is 0.500. The summed E-state index contributed by atoms with van der Waals surface area (Å²) in [5.41, 5.74) is 8.40. The normalized spacial score (nSPS) is 12.9. The molecule has 0 amide bonds. The molecule has 0 spiro atoms. The zero-order chi connectivity index (χ0) is 13.3. The third-order valence-electron chi connectivity index (χ3n) is 3.11. The van der Waals surface area contributed by atoms with Gasteiger partial charge in [-0.3, -0.25) is 4.68 Å². The number of imidazole rings is 1. The Kier molecular flexibility index (Phi) is 3.87. The number of halogens is 1. The summed E-state index contributed by atoms with van der Waals surface area (Å²) < 4.78 is 4.92. The second-order valence-corrected chi connectivity index (χ2v) is 5.18. The molecule has 0 saturated heterocycles. The quantitative estimate of drug-likeness (QED) is 0.935. The van der Waals surface area contributed by atoms with Crippen LogP contribution in [0.15, 0.2) is 16.9 Å². The molecule has 0 fully saturated rings. The molecule has 0 aromatic carbocycles. The van der Waals surface area contributed by atoms with E-state index < -0.39 is 0 Å². The van der Waals surface area contributed by atoms with E-state index in [9.17, 15) is 0 Å². The summed E-state index contributed by atoms with van der Waals surface area (Å²) in [5, 5.41) is 4.47. The first-order valence-corrected chi connectivity index (χ1v) is 6.77. The highest BCUT2D eigenvalue weighted by molar-refractivity contribution is 9.10. The Labute approximate surface area is 115 Å². The molecule has 1 atom stereocenters. The van der Waals surface area contributed by atoms with Crippen molar-refractivity contribution in [3.8, 4) is 0 Å². The van der Waals surface area contributed by atoms with E-state index in [2.05, 4.69) is 32.9 Å². The Morgan fingerprint density at radius 3 is 2.67 bits per heavy atom. The van der Waals surface area contributed by atoms with Gasteiger partial charge in [0.15, 0.2) is 0 Å². The lowest BCUT2D eigenvalue weighted by molar-refractivity contribution is 0.593. The first kappa shape index (κ1) is 13.3. The summed E-state index contributed by atoms with van der Waals surface area (Å²) in [6, 6.07) is -0.124. The van der Waals surface area contributed by atoms with Crippen LogP contribution in [-0.4, -0.2) is 19.3 Å². The number of nitrogens with two attached hydrogens (primary N) is 1. The zero-order valence-electron chi connectivity index (χ0n) is 10.9. The van der Waals surface area contributed by atoms with Crippen LogP contribution >= 0.6 is 15.9 Å². The minimum absolute atomic E-state index is 0.124. The summed E-state index contributed by atoms with van der Waals surface area (Å²) in [5.74, 6) is 0.890. The molecule has 6 heteroatoms. The van der Waals surface area contributed by atoms with Gasteiger partial charge >= 0.3 is 0 Å². The molecule has 2 N–H and O–H groups in total. The highest BCUT2D eigenvalue weighted by atomic mass is 79.9. The van der Waals surface area contributed by atoms with Gasteiger partial charge in [0.2, 0.25) is 0 Å². The van der Waals surface area contributed by atoms with Gasteiger partial charge < -0.3 is 10.3 Å². The van der Waals surface area contributed by atoms with Crippen LogP contribution in [0.2, 0.25) is 0 Å². The highest BCUT2D eigenvalue weighted by Crippen LogP contribution is 2.25. The summed E-state index contributed by atoms with van der Waals surface area (Å²) in [7, 11) is 3.91. The van der Waals surface area contributed by atoms with Crippen molar-refractivity contribution in [3.63, 3.8) is 0 Å². The molecule has 18 heavy (non-hydrogen) atoms. The maximum absolute atomic E-state index is 6.22. The molecule has 98 valence electrons. The van der Waals surface area contributed by atoms with E-state index in [0.717, 1.165) is 34.5 Å². The zero-order valence-corrected chi connectivity index (χ0v) is 12.5. The van der Waals surface area contributed by atoms with Crippen molar-refractivity contribution in [2.24, 2.45) is 19.8 Å². The minimum atomic E-state index is -0.124. The SMILES string of the molecule is CCc1nn(C)c(CC(N)c2nccn2C)c1Br. The average molecular weight is 312 g/mol. The number of hydrogen-bond donors (Lipinski definition) is 1. The fourth-order valence-corrected chi connectivity index (χ4v) is 2.85. The lowest BCUT2D eigenvalue weighted by Gasteiger charge is -2.12. The molecule has 0 aliphatic carbocycles. The summed E-state index contributed by atoms with van der Waals surface area (Å²) in [4.78, 5) is 4.29. The van der Waals surface area contributed by atoms with Gasteiger partial charge in [-0.2, -0.15) is 5.10 Å². The number of aryl methyl sites for hydroxylation is 3. The summed E-state index contributed by atoms with van der Waals surface area (Å²) in [6.07, 6.45) is 5.30. The van der Waals surface area contributed by atoms with Crippen molar-refractivity contribution >= 4 is 15.9 Å². The number of rotatable bonds is 4. The first-order valence-electron chi connectivity index (χ1n) is 5.97. The van der Waals surface area contributed by atoms with Gasteiger partial charge in [-0.25, -0.2) is 4.98 Å². The van der Waals surface area contributed by atoms with Gasteiger partial charge in [0, 0.05) is 32.9 Å². The van der Waals surface area contributed by atoms with Crippen molar-refractivity contribution in [2.75, 3.05) is 0 Å². The maximum atomic E-state index is 6.22. The van der Waals surface area contributed by atoms with Gasteiger partial charge in [-0.05, 0) is 22.4 Å². The van der Waals surface area contributed by atoms with E-state index in [1.54, 1.807) is 6.20 Å². The number of aromatic nitrogens is 4. The van der Waals surface area contributed by atoms with Gasteiger partial charge in [0.05, 0.1) is 21.9 Å². The van der Waals surface area contributed by atoms with Crippen LogP contribution in [0.4, 0.5) is 0 Å². The van der Waals surface area contributed by atoms with Crippen molar-refractivity contribution in [1.29, 1.82) is 0 Å². The Bertz CT molecular complexity index is 543. The van der Waals surface area contributed by atoms with Crippen LogP contribution in [0.1, 0.15) is 30.2 Å². The van der Waals surface area contributed by atoms with Crippen molar-refractivity contribution in [3.05, 3.63) is 34.1 Å². The Hall–Kier alpha value is -1.14. The lowest BCUT2D eigenvalue weighted by atomic mass is 10.1. The topological polar surface area (TPSA) is 61.7 Å². The highest BCUT2D eigenvalue weighted by Gasteiger charge is 2.18. The fourth-order valence-electron chi connectivity index (χ4n) is 2.08. The van der Waals surface area contributed by atoms with Crippen molar-refractivity contribution in [1.82, 2.24) is 19.3 Å². The van der Waals surface area contributed by atoms with Crippen LogP contribution in [0.25, 0.3) is 0 Å². The van der Waals surface area contributed by atoms with Gasteiger partial charge in [0.25, 0.3) is 0 Å². The van der Waals surface area contributed by atoms with Crippen LogP contribution in [0, 0.1) is 0 Å². The first-order chi connectivity index (χ1) is 8.54. The second-order valence-electron chi connectivity index (χ2n) is 4.39. The molecule has 5 nitrogen and oxygen atoms in total. The van der Waals surface area contributed by atoms with E-state index in [0.29, 0.717) is 0 Å². The number of nitrogens with zero attached hydrogens (tertiary/aromatic N) is 4. The molecule has 2 heterocycles. The molecule has 0 aliphatic heterocycles. The predicted molar refractivity (Wildman–Crippen MR) is 74.1 cm³/mol. The number of hydrogen-bond acceptors (Lipinski definition) is 3. The van der Waals surface area contributed by atoms with Crippen LogP contribution in [0.3, 0.4) is 0 Å². The smallest absolute Gasteiger partial charge is 0.125 e. The van der Waals surface area contributed by atoms with E-state index in [1.807, 2.05) is 29.5 Å². The monoisotopic (exact) mass is 311 g/mol. The van der Waals surface area contributed by atoms with E-state index in [-0.39, 0.29) is 6.04 Å². The molecule has 2 aromatic rings. The van der Waals surface area contributed by atoms with Gasteiger partial charge in [-0.15, -0.1) is 0 Å². The Morgan fingerprint density at radius 1 is 1.44 bits per heavy atom. The molecular formula is C12H18BrN5. The average Bonchev–Trinajstić information content (AvgIpc) is 2.87. The third-order valence-corrected chi connectivity index (χ3v) is 4.02. The van der Waals surface area contributed by atoms with E-state index in [1.165, 1.54) is 0 Å². The second kappa shape index (κ2) is 5.24.